The Morgan fingerprint density at radius 2 is 1.95 bits per heavy atom. The monoisotopic (exact) mass is 304 g/mol. The highest BCUT2D eigenvalue weighted by molar-refractivity contribution is 5.72. The minimum atomic E-state index is -0.0724. The predicted molar refractivity (Wildman–Crippen MR) is 84.9 cm³/mol. The third-order valence-corrected chi connectivity index (χ3v) is 4.70. The van der Waals surface area contributed by atoms with Gasteiger partial charge in [0.2, 0.25) is 0 Å². The molecule has 2 fully saturated rings. The van der Waals surface area contributed by atoms with E-state index in [0.717, 1.165) is 50.4 Å². The van der Waals surface area contributed by atoms with Crippen molar-refractivity contribution >= 4 is 17.6 Å². The molecule has 2 aliphatic rings. The zero-order valence-electron chi connectivity index (χ0n) is 13.1. The second kappa shape index (κ2) is 6.94. The van der Waals surface area contributed by atoms with Gasteiger partial charge in [0.25, 0.3) is 0 Å². The van der Waals surface area contributed by atoms with E-state index in [1.807, 2.05) is 6.07 Å². The van der Waals surface area contributed by atoms with Gasteiger partial charge in [0.1, 0.15) is 18.0 Å². The second-order valence-electron chi connectivity index (χ2n) is 6.17. The van der Waals surface area contributed by atoms with Crippen molar-refractivity contribution in [1.82, 2.24) is 9.97 Å². The van der Waals surface area contributed by atoms with Crippen LogP contribution in [0.1, 0.15) is 38.5 Å². The molecule has 0 spiro atoms. The molecule has 120 valence electrons. The fraction of sp³-hybridized carbons (Fsp3) is 0.688. The number of hydrogen-bond acceptors (Lipinski definition) is 6. The molecule has 6 heteroatoms. The van der Waals surface area contributed by atoms with Gasteiger partial charge >= 0.3 is 5.97 Å². The molecule has 1 saturated heterocycles. The van der Waals surface area contributed by atoms with Crippen LogP contribution >= 0.6 is 0 Å². The summed E-state index contributed by atoms with van der Waals surface area (Å²) in [6.07, 6.45) is 7.83. The van der Waals surface area contributed by atoms with Crippen LogP contribution < -0.4 is 10.2 Å². The standard InChI is InChI=1S/C16H24N4O2/c1-22-16(21)12-4-6-13(7-5-12)19-14-10-15(18-11-17-14)20-8-2-3-9-20/h10-13H,2-9H2,1H3,(H,17,18,19). The zero-order valence-corrected chi connectivity index (χ0v) is 13.1. The fourth-order valence-corrected chi connectivity index (χ4v) is 3.39. The first-order valence-electron chi connectivity index (χ1n) is 8.17. The molecule has 1 N–H and O–H groups in total. The number of ether oxygens (including phenoxy) is 1. The van der Waals surface area contributed by atoms with E-state index < -0.39 is 0 Å². The van der Waals surface area contributed by atoms with Crippen LogP contribution in [0.15, 0.2) is 12.4 Å². The van der Waals surface area contributed by atoms with Crippen molar-refractivity contribution in [3.05, 3.63) is 12.4 Å². The number of esters is 1. The predicted octanol–water partition coefficient (Wildman–Crippen LogP) is 2.22. The Morgan fingerprint density at radius 1 is 1.23 bits per heavy atom. The molecule has 3 rings (SSSR count). The first kappa shape index (κ1) is 15.1. The Balaban J connectivity index is 1.55. The van der Waals surface area contributed by atoms with Gasteiger partial charge in [0.05, 0.1) is 13.0 Å². The van der Waals surface area contributed by atoms with E-state index in [-0.39, 0.29) is 11.9 Å². The van der Waals surface area contributed by atoms with Gasteiger partial charge in [0, 0.05) is 25.2 Å². The number of anilines is 2. The summed E-state index contributed by atoms with van der Waals surface area (Å²) in [4.78, 5) is 22.6. The summed E-state index contributed by atoms with van der Waals surface area (Å²) in [7, 11) is 1.47. The minimum Gasteiger partial charge on any atom is -0.469 e. The number of rotatable bonds is 4. The normalized spacial score (nSPS) is 25.0. The molecule has 1 aromatic heterocycles. The van der Waals surface area contributed by atoms with Gasteiger partial charge < -0.3 is 15.0 Å². The van der Waals surface area contributed by atoms with Gasteiger partial charge in [-0.2, -0.15) is 0 Å². The molecule has 1 aromatic rings. The molecule has 1 aliphatic carbocycles. The topological polar surface area (TPSA) is 67.3 Å². The molecule has 2 heterocycles. The molecule has 0 aromatic carbocycles. The number of hydrogen-bond donors (Lipinski definition) is 1. The van der Waals surface area contributed by atoms with E-state index in [2.05, 4.69) is 20.2 Å². The van der Waals surface area contributed by atoms with E-state index >= 15 is 0 Å². The Labute approximate surface area is 131 Å². The molecule has 0 amide bonds. The maximum atomic E-state index is 11.6. The average molecular weight is 304 g/mol. The van der Waals surface area contributed by atoms with Crippen LogP contribution in [0.25, 0.3) is 0 Å². The van der Waals surface area contributed by atoms with Crippen LogP contribution in [-0.2, 0) is 9.53 Å². The molecular weight excluding hydrogens is 280 g/mol. The molecule has 0 radical (unpaired) electrons. The molecule has 0 unspecified atom stereocenters. The number of nitrogens with one attached hydrogen (secondary N) is 1. The number of carbonyl (C=O) groups is 1. The van der Waals surface area contributed by atoms with Crippen LogP contribution in [0.4, 0.5) is 11.6 Å². The highest BCUT2D eigenvalue weighted by Crippen LogP contribution is 2.27. The summed E-state index contributed by atoms with van der Waals surface area (Å²) in [6.45, 7) is 2.17. The first-order valence-corrected chi connectivity index (χ1v) is 8.17. The van der Waals surface area contributed by atoms with E-state index in [9.17, 15) is 4.79 Å². The molecule has 0 atom stereocenters. The van der Waals surface area contributed by atoms with Crippen molar-refractivity contribution in [3.63, 3.8) is 0 Å². The van der Waals surface area contributed by atoms with Crippen molar-refractivity contribution in [2.45, 2.75) is 44.6 Å². The van der Waals surface area contributed by atoms with Crippen molar-refractivity contribution in [2.24, 2.45) is 5.92 Å². The third kappa shape index (κ3) is 3.48. The fourth-order valence-electron chi connectivity index (χ4n) is 3.39. The van der Waals surface area contributed by atoms with Crippen LogP contribution in [0.5, 0.6) is 0 Å². The Kier molecular flexibility index (Phi) is 4.75. The summed E-state index contributed by atoms with van der Waals surface area (Å²) in [5.41, 5.74) is 0. The molecular formula is C16H24N4O2. The summed E-state index contributed by atoms with van der Waals surface area (Å²) in [5.74, 6) is 1.89. The van der Waals surface area contributed by atoms with E-state index in [1.165, 1.54) is 20.0 Å². The van der Waals surface area contributed by atoms with Crippen molar-refractivity contribution in [1.29, 1.82) is 0 Å². The Morgan fingerprint density at radius 3 is 2.64 bits per heavy atom. The maximum Gasteiger partial charge on any atom is 0.308 e. The van der Waals surface area contributed by atoms with Crippen LogP contribution in [0.3, 0.4) is 0 Å². The first-order chi connectivity index (χ1) is 10.8. The highest BCUT2D eigenvalue weighted by Gasteiger charge is 2.27. The molecule has 6 nitrogen and oxygen atoms in total. The van der Waals surface area contributed by atoms with Crippen molar-refractivity contribution in [2.75, 3.05) is 30.4 Å². The summed E-state index contributed by atoms with van der Waals surface area (Å²) < 4.78 is 4.83. The van der Waals surface area contributed by atoms with Crippen molar-refractivity contribution in [3.8, 4) is 0 Å². The smallest absolute Gasteiger partial charge is 0.308 e. The SMILES string of the molecule is COC(=O)C1CCC(Nc2cc(N3CCCC3)ncn2)CC1. The zero-order chi connectivity index (χ0) is 15.4. The van der Waals surface area contributed by atoms with Gasteiger partial charge in [-0.3, -0.25) is 4.79 Å². The second-order valence-corrected chi connectivity index (χ2v) is 6.17. The quantitative estimate of drug-likeness (QED) is 0.860. The van der Waals surface area contributed by atoms with Crippen LogP contribution in [0, 0.1) is 5.92 Å². The highest BCUT2D eigenvalue weighted by atomic mass is 16.5. The number of aromatic nitrogens is 2. The lowest BCUT2D eigenvalue weighted by Gasteiger charge is -2.28. The summed E-state index contributed by atoms with van der Waals surface area (Å²) in [6, 6.07) is 2.42. The van der Waals surface area contributed by atoms with Crippen LogP contribution in [-0.4, -0.2) is 42.2 Å². The maximum absolute atomic E-state index is 11.6. The average Bonchev–Trinajstić information content (AvgIpc) is 3.10. The Bertz CT molecular complexity index is 509. The molecule has 22 heavy (non-hydrogen) atoms. The van der Waals surface area contributed by atoms with E-state index in [4.69, 9.17) is 4.74 Å². The lowest BCUT2D eigenvalue weighted by atomic mass is 9.86. The summed E-state index contributed by atoms with van der Waals surface area (Å²) >= 11 is 0. The van der Waals surface area contributed by atoms with Gasteiger partial charge in [-0.05, 0) is 38.5 Å². The van der Waals surface area contributed by atoms with Gasteiger partial charge in [-0.1, -0.05) is 0 Å². The third-order valence-electron chi connectivity index (χ3n) is 4.70. The number of carbonyl (C=O) groups excluding carboxylic acids is 1. The van der Waals surface area contributed by atoms with Crippen LogP contribution in [0.2, 0.25) is 0 Å². The Hall–Kier alpha value is -1.85. The lowest BCUT2D eigenvalue weighted by Crippen LogP contribution is -2.30. The van der Waals surface area contributed by atoms with E-state index in [0.29, 0.717) is 6.04 Å². The van der Waals surface area contributed by atoms with Crippen molar-refractivity contribution < 1.29 is 9.53 Å². The van der Waals surface area contributed by atoms with E-state index in [1.54, 1.807) is 6.33 Å². The largest absolute Gasteiger partial charge is 0.469 e. The lowest BCUT2D eigenvalue weighted by molar-refractivity contribution is -0.146. The molecule has 0 bridgehead atoms. The molecule has 1 aliphatic heterocycles. The van der Waals surface area contributed by atoms with Gasteiger partial charge in [-0.15, -0.1) is 0 Å². The summed E-state index contributed by atoms with van der Waals surface area (Å²) in [5, 5.41) is 3.49. The number of methoxy groups -OCH3 is 1. The van der Waals surface area contributed by atoms with Gasteiger partial charge in [0.15, 0.2) is 0 Å². The minimum absolute atomic E-state index is 0.0635. The van der Waals surface area contributed by atoms with Gasteiger partial charge in [-0.25, -0.2) is 9.97 Å². The number of nitrogens with zero attached hydrogens (tertiary/aromatic N) is 3. The molecule has 1 saturated carbocycles.